The number of carbonyl (C=O) groups excluding carboxylic acids is 1. The summed E-state index contributed by atoms with van der Waals surface area (Å²) in [5.41, 5.74) is 6.48. The first-order valence-electron chi connectivity index (χ1n) is 7.33. The highest BCUT2D eigenvalue weighted by Crippen LogP contribution is 2.31. The van der Waals surface area contributed by atoms with Gasteiger partial charge < -0.3 is 15.8 Å². The molecule has 0 unspecified atom stereocenters. The lowest BCUT2D eigenvalue weighted by Gasteiger charge is -2.04. The van der Waals surface area contributed by atoms with Crippen LogP contribution in [0.3, 0.4) is 0 Å². The number of hydrogen-bond donors (Lipinski definition) is 2. The van der Waals surface area contributed by atoms with Crippen LogP contribution in [0.2, 0.25) is 0 Å². The van der Waals surface area contributed by atoms with Crippen molar-refractivity contribution in [2.45, 2.75) is 33.1 Å². The Hall–Kier alpha value is -1.07. The molecule has 3 N–H and O–H groups in total. The van der Waals surface area contributed by atoms with E-state index >= 15 is 0 Å². The van der Waals surface area contributed by atoms with Gasteiger partial charge in [0.05, 0.1) is 15.6 Å². The van der Waals surface area contributed by atoms with Crippen LogP contribution in [0.4, 0.5) is 10.7 Å². The summed E-state index contributed by atoms with van der Waals surface area (Å²) in [6.07, 6.45) is 3.64. The Kier molecular flexibility index (Phi) is 5.43. The number of Topliss-reactive ketones (excluding diaryl/α,β-unsaturated/α-hetero) is 1. The maximum atomic E-state index is 11.9. The van der Waals surface area contributed by atoms with Crippen LogP contribution < -0.4 is 11.1 Å². The van der Waals surface area contributed by atoms with Crippen molar-refractivity contribution in [3.05, 3.63) is 10.9 Å². The van der Waals surface area contributed by atoms with E-state index in [1.54, 1.807) is 0 Å². The molecule has 5 heteroatoms. The third-order valence-electron chi connectivity index (χ3n) is 3.32. The third-order valence-corrected chi connectivity index (χ3v) is 4.45. The van der Waals surface area contributed by atoms with Gasteiger partial charge in [0.15, 0.2) is 5.78 Å². The minimum absolute atomic E-state index is 0.0142. The first kappa shape index (κ1) is 15.3. The van der Waals surface area contributed by atoms with Crippen LogP contribution in [0, 0.1) is 11.8 Å². The average molecular weight is 296 g/mol. The highest BCUT2D eigenvalue weighted by Gasteiger charge is 2.21. The van der Waals surface area contributed by atoms with Gasteiger partial charge >= 0.3 is 0 Å². The summed E-state index contributed by atoms with van der Waals surface area (Å²) in [7, 11) is 0. The SMILES string of the molecule is CC(C)C(=O)c1sc(NCCCOCC2CC2)cc1N. The zero-order valence-electron chi connectivity index (χ0n) is 12.3. The number of nitrogen functional groups attached to an aromatic ring is 1. The summed E-state index contributed by atoms with van der Waals surface area (Å²) in [5.74, 6) is 0.928. The Bertz CT molecular complexity index is 453. The van der Waals surface area contributed by atoms with E-state index in [2.05, 4.69) is 5.32 Å². The highest BCUT2D eigenvalue weighted by molar-refractivity contribution is 7.18. The Morgan fingerprint density at radius 1 is 1.55 bits per heavy atom. The van der Waals surface area contributed by atoms with Gasteiger partial charge in [0.1, 0.15) is 0 Å². The van der Waals surface area contributed by atoms with E-state index in [1.165, 1.54) is 24.2 Å². The summed E-state index contributed by atoms with van der Waals surface area (Å²) in [4.78, 5) is 12.6. The van der Waals surface area contributed by atoms with E-state index < -0.39 is 0 Å². The van der Waals surface area contributed by atoms with Gasteiger partial charge in [-0.2, -0.15) is 0 Å². The lowest BCUT2D eigenvalue weighted by molar-refractivity contribution is 0.0944. The van der Waals surface area contributed by atoms with Crippen LogP contribution in [0.5, 0.6) is 0 Å². The first-order valence-corrected chi connectivity index (χ1v) is 8.14. The number of carbonyl (C=O) groups is 1. The quantitative estimate of drug-likeness (QED) is 0.541. The molecule has 1 aromatic heterocycles. The van der Waals surface area contributed by atoms with Crippen LogP contribution in [-0.2, 0) is 4.74 Å². The molecule has 0 aliphatic heterocycles. The Labute approximate surface area is 124 Å². The van der Waals surface area contributed by atoms with Gasteiger partial charge in [0, 0.05) is 25.7 Å². The summed E-state index contributed by atoms with van der Waals surface area (Å²) >= 11 is 1.45. The molecule has 1 fully saturated rings. The highest BCUT2D eigenvalue weighted by atomic mass is 32.1. The van der Waals surface area contributed by atoms with Crippen molar-refractivity contribution in [1.82, 2.24) is 0 Å². The molecule has 0 saturated heterocycles. The number of nitrogens with two attached hydrogens (primary N) is 1. The van der Waals surface area contributed by atoms with Gasteiger partial charge in [-0.15, -0.1) is 11.3 Å². The Morgan fingerprint density at radius 3 is 2.95 bits per heavy atom. The number of ether oxygens (including phenoxy) is 1. The molecule has 0 amide bonds. The summed E-state index contributed by atoms with van der Waals surface area (Å²) in [5, 5.41) is 4.28. The van der Waals surface area contributed by atoms with Crippen LogP contribution >= 0.6 is 11.3 Å². The fourth-order valence-electron chi connectivity index (χ4n) is 1.87. The molecule has 1 aliphatic carbocycles. The first-order chi connectivity index (χ1) is 9.58. The molecule has 2 rings (SSSR count). The lowest BCUT2D eigenvalue weighted by atomic mass is 10.1. The van der Waals surface area contributed by atoms with Crippen LogP contribution in [-0.4, -0.2) is 25.5 Å². The lowest BCUT2D eigenvalue weighted by Crippen LogP contribution is -2.07. The second kappa shape index (κ2) is 7.09. The van der Waals surface area contributed by atoms with Gasteiger partial charge in [0.25, 0.3) is 0 Å². The predicted octanol–water partition coefficient (Wildman–Crippen LogP) is 3.40. The zero-order valence-corrected chi connectivity index (χ0v) is 13.1. The number of hydrogen-bond acceptors (Lipinski definition) is 5. The van der Waals surface area contributed by atoms with E-state index in [0.29, 0.717) is 10.6 Å². The van der Waals surface area contributed by atoms with Gasteiger partial charge in [-0.25, -0.2) is 0 Å². The number of thiophene rings is 1. The molecule has 1 aliphatic rings. The average Bonchev–Trinajstić information content (AvgIpc) is 3.15. The minimum Gasteiger partial charge on any atom is -0.397 e. The molecule has 0 radical (unpaired) electrons. The summed E-state index contributed by atoms with van der Waals surface area (Å²) in [6, 6.07) is 1.85. The van der Waals surface area contributed by atoms with Crippen LogP contribution in [0.1, 0.15) is 42.8 Å². The van der Waals surface area contributed by atoms with E-state index in [-0.39, 0.29) is 11.7 Å². The van der Waals surface area contributed by atoms with Crippen molar-refractivity contribution >= 4 is 27.8 Å². The molecule has 0 spiro atoms. The van der Waals surface area contributed by atoms with Crippen LogP contribution in [0.25, 0.3) is 0 Å². The van der Waals surface area contributed by atoms with Crippen molar-refractivity contribution in [3.63, 3.8) is 0 Å². The van der Waals surface area contributed by atoms with Gasteiger partial charge in [-0.1, -0.05) is 13.8 Å². The maximum absolute atomic E-state index is 11.9. The van der Waals surface area contributed by atoms with E-state index in [9.17, 15) is 4.79 Å². The van der Waals surface area contributed by atoms with Crippen molar-refractivity contribution in [2.24, 2.45) is 11.8 Å². The smallest absolute Gasteiger partial charge is 0.177 e. The van der Waals surface area contributed by atoms with Gasteiger partial charge in [0.2, 0.25) is 0 Å². The molecule has 112 valence electrons. The largest absolute Gasteiger partial charge is 0.397 e. The molecule has 1 heterocycles. The molecule has 0 bridgehead atoms. The minimum atomic E-state index is -0.0142. The predicted molar refractivity (Wildman–Crippen MR) is 84.5 cm³/mol. The molecule has 4 nitrogen and oxygen atoms in total. The van der Waals surface area contributed by atoms with Crippen molar-refractivity contribution in [3.8, 4) is 0 Å². The Morgan fingerprint density at radius 2 is 2.30 bits per heavy atom. The van der Waals surface area contributed by atoms with Crippen molar-refractivity contribution in [2.75, 3.05) is 30.8 Å². The number of ketones is 1. The monoisotopic (exact) mass is 296 g/mol. The van der Waals surface area contributed by atoms with Crippen molar-refractivity contribution < 1.29 is 9.53 Å². The standard InChI is InChI=1S/C15H24N2O2S/c1-10(2)14(18)15-12(16)8-13(20-15)17-6-3-7-19-9-11-4-5-11/h8,10-11,17H,3-7,9,16H2,1-2H3. The topological polar surface area (TPSA) is 64.3 Å². The maximum Gasteiger partial charge on any atom is 0.177 e. The number of nitrogens with one attached hydrogen (secondary N) is 1. The van der Waals surface area contributed by atoms with Gasteiger partial charge in [-0.3, -0.25) is 4.79 Å². The molecular weight excluding hydrogens is 272 g/mol. The van der Waals surface area contributed by atoms with E-state index in [0.717, 1.165) is 37.1 Å². The summed E-state index contributed by atoms with van der Waals surface area (Å²) < 4.78 is 5.58. The Balaban J connectivity index is 1.69. The van der Waals surface area contributed by atoms with Gasteiger partial charge in [-0.05, 0) is 31.2 Å². The molecule has 0 atom stereocenters. The second-order valence-electron chi connectivity index (χ2n) is 5.71. The number of rotatable bonds is 9. The normalized spacial score (nSPS) is 14.8. The fraction of sp³-hybridized carbons (Fsp3) is 0.667. The third kappa shape index (κ3) is 4.49. The molecule has 0 aromatic carbocycles. The molecule has 1 aromatic rings. The van der Waals surface area contributed by atoms with E-state index in [4.69, 9.17) is 10.5 Å². The van der Waals surface area contributed by atoms with E-state index in [1.807, 2.05) is 19.9 Å². The van der Waals surface area contributed by atoms with Crippen LogP contribution in [0.15, 0.2) is 6.07 Å². The molecular formula is C15H24N2O2S. The zero-order chi connectivity index (χ0) is 14.5. The fourth-order valence-corrected chi connectivity index (χ4v) is 2.96. The molecule has 1 saturated carbocycles. The summed E-state index contributed by atoms with van der Waals surface area (Å²) in [6.45, 7) is 6.35. The van der Waals surface area contributed by atoms with Crippen molar-refractivity contribution in [1.29, 1.82) is 0 Å². The molecule has 20 heavy (non-hydrogen) atoms. The second-order valence-corrected chi connectivity index (χ2v) is 6.76. The number of anilines is 2.